The van der Waals surface area contributed by atoms with Gasteiger partial charge in [-0.3, -0.25) is 19.5 Å². The molecule has 0 saturated carbocycles. The molecule has 0 spiro atoms. The number of non-ortho nitro benzene ring substituents is 1. The fourth-order valence-electron chi connectivity index (χ4n) is 3.87. The van der Waals surface area contributed by atoms with Gasteiger partial charge in [-0.15, -0.1) is 0 Å². The zero-order valence-corrected chi connectivity index (χ0v) is 18.2. The fraction of sp³-hybridized carbons (Fsp3) is 0.0870. The number of fused-ring (bicyclic) bond motifs is 1. The Morgan fingerprint density at radius 3 is 2.62 bits per heavy atom. The molecule has 0 radical (unpaired) electrons. The van der Waals surface area contributed by atoms with Crippen LogP contribution < -0.4 is 11.0 Å². The number of nitro benzene ring substituents is 1. The van der Waals surface area contributed by atoms with Crippen molar-refractivity contribution in [2.24, 2.45) is 5.10 Å². The zero-order valence-electron chi connectivity index (χ0n) is 16.6. The minimum absolute atomic E-state index is 0.00511. The average molecular weight is 490 g/mol. The molecule has 1 aliphatic heterocycles. The highest BCUT2D eigenvalue weighted by atomic mass is 79.9. The topological polar surface area (TPSA) is 102 Å². The van der Waals surface area contributed by atoms with Crippen LogP contribution in [0.5, 0.6) is 0 Å². The van der Waals surface area contributed by atoms with Crippen molar-refractivity contribution in [3.8, 4) is 5.69 Å². The van der Waals surface area contributed by atoms with Gasteiger partial charge in [0.15, 0.2) is 5.82 Å². The number of para-hydroxylation sites is 1. The van der Waals surface area contributed by atoms with Gasteiger partial charge in [0, 0.05) is 23.2 Å². The lowest BCUT2D eigenvalue weighted by atomic mass is 9.93. The number of hydrogen-bond acceptors (Lipinski definition) is 6. The summed E-state index contributed by atoms with van der Waals surface area (Å²) in [6, 6.07) is 21.0. The van der Waals surface area contributed by atoms with Crippen molar-refractivity contribution in [2.45, 2.75) is 5.92 Å². The Bertz CT molecular complexity index is 1450. The molecule has 1 unspecified atom stereocenters. The number of nitrogens with one attached hydrogen (secondary N) is 1. The number of hydrogen-bond donors (Lipinski definition) is 1. The Balaban J connectivity index is 1.73. The van der Waals surface area contributed by atoms with E-state index in [1.165, 1.54) is 12.1 Å². The lowest BCUT2D eigenvalue weighted by Gasteiger charge is -2.17. The Kier molecular flexibility index (Phi) is 5.02. The van der Waals surface area contributed by atoms with Gasteiger partial charge in [0.2, 0.25) is 0 Å². The number of nitro groups is 1. The van der Waals surface area contributed by atoms with Crippen molar-refractivity contribution in [1.29, 1.82) is 0 Å². The molecule has 1 N–H and O–H groups in total. The van der Waals surface area contributed by atoms with E-state index < -0.39 is 4.92 Å². The second-order valence-corrected chi connectivity index (χ2v) is 8.25. The maximum absolute atomic E-state index is 13.5. The van der Waals surface area contributed by atoms with Crippen LogP contribution in [0.4, 0.5) is 5.69 Å². The van der Waals surface area contributed by atoms with Crippen LogP contribution in [0, 0.1) is 10.1 Å². The Morgan fingerprint density at radius 1 is 1.06 bits per heavy atom. The molecule has 32 heavy (non-hydrogen) atoms. The molecule has 2 heterocycles. The Morgan fingerprint density at radius 2 is 1.84 bits per heavy atom. The largest absolute Gasteiger partial charge is 0.309 e. The van der Waals surface area contributed by atoms with Gasteiger partial charge >= 0.3 is 0 Å². The van der Waals surface area contributed by atoms with Crippen LogP contribution in [0.2, 0.25) is 0 Å². The van der Waals surface area contributed by atoms with Crippen molar-refractivity contribution in [1.82, 2.24) is 15.0 Å². The van der Waals surface area contributed by atoms with Crippen LogP contribution in [-0.4, -0.2) is 26.7 Å². The number of rotatable bonds is 4. The van der Waals surface area contributed by atoms with Gasteiger partial charge in [-0.2, -0.15) is 5.10 Å². The van der Waals surface area contributed by atoms with Crippen LogP contribution in [0.25, 0.3) is 16.6 Å². The first kappa shape index (κ1) is 20.1. The smallest absolute Gasteiger partial charge is 0.269 e. The van der Waals surface area contributed by atoms with Gasteiger partial charge in [-0.05, 0) is 42.0 Å². The summed E-state index contributed by atoms with van der Waals surface area (Å²) in [6.45, 7) is 0.444. The van der Waals surface area contributed by atoms with Gasteiger partial charge < -0.3 is 5.43 Å². The Labute approximate surface area is 190 Å². The van der Waals surface area contributed by atoms with Gasteiger partial charge in [-0.1, -0.05) is 40.2 Å². The third-order valence-electron chi connectivity index (χ3n) is 5.40. The van der Waals surface area contributed by atoms with E-state index >= 15 is 0 Å². The van der Waals surface area contributed by atoms with Crippen LogP contribution in [-0.2, 0) is 0 Å². The van der Waals surface area contributed by atoms with Crippen molar-refractivity contribution < 1.29 is 4.92 Å². The maximum atomic E-state index is 13.5. The quantitative estimate of drug-likeness (QED) is 0.342. The third-order valence-corrected chi connectivity index (χ3v) is 5.93. The third kappa shape index (κ3) is 3.46. The average Bonchev–Trinajstić information content (AvgIpc) is 3.30. The number of nitrogens with zero attached hydrogens (tertiary/aromatic N) is 4. The van der Waals surface area contributed by atoms with E-state index in [1.54, 1.807) is 28.8 Å². The van der Waals surface area contributed by atoms with E-state index in [2.05, 4.69) is 26.5 Å². The molecule has 1 aromatic heterocycles. The standard InChI is InChI=1S/C23H16BrN5O3/c24-15-8-10-16(11-9-15)28-22(26-20-7-2-1-6-18(20)23(28)30)21-19(13-25-27-21)14-4-3-5-17(12-14)29(31)32/h1-12,19,25H,13H2. The monoisotopic (exact) mass is 489 g/mol. The summed E-state index contributed by atoms with van der Waals surface area (Å²) < 4.78 is 2.43. The van der Waals surface area contributed by atoms with Gasteiger partial charge in [-0.25, -0.2) is 4.98 Å². The highest BCUT2D eigenvalue weighted by Crippen LogP contribution is 2.28. The summed E-state index contributed by atoms with van der Waals surface area (Å²) >= 11 is 3.43. The van der Waals surface area contributed by atoms with E-state index in [1.807, 2.05) is 36.4 Å². The van der Waals surface area contributed by atoms with Gasteiger partial charge in [0.1, 0.15) is 5.71 Å². The molecule has 158 valence electrons. The first-order valence-corrected chi connectivity index (χ1v) is 10.6. The van der Waals surface area contributed by atoms with E-state index in [0.29, 0.717) is 34.7 Å². The lowest BCUT2D eigenvalue weighted by Crippen LogP contribution is -2.29. The molecule has 9 heteroatoms. The van der Waals surface area contributed by atoms with E-state index in [4.69, 9.17) is 4.98 Å². The van der Waals surface area contributed by atoms with Crippen molar-refractivity contribution >= 4 is 38.2 Å². The van der Waals surface area contributed by atoms with Crippen LogP contribution in [0.3, 0.4) is 0 Å². The maximum Gasteiger partial charge on any atom is 0.269 e. The molecular weight excluding hydrogens is 474 g/mol. The summed E-state index contributed by atoms with van der Waals surface area (Å²) in [7, 11) is 0. The predicted molar refractivity (Wildman–Crippen MR) is 125 cm³/mol. The summed E-state index contributed by atoms with van der Waals surface area (Å²) in [5.41, 5.74) is 5.27. The molecule has 0 amide bonds. The van der Waals surface area contributed by atoms with Crippen molar-refractivity contribution in [3.63, 3.8) is 0 Å². The molecule has 0 aliphatic carbocycles. The summed E-state index contributed by atoms with van der Waals surface area (Å²) in [5, 5.41) is 16.2. The normalized spacial score (nSPS) is 15.4. The second kappa shape index (κ2) is 8.01. The number of halogens is 1. The highest BCUT2D eigenvalue weighted by molar-refractivity contribution is 9.10. The van der Waals surface area contributed by atoms with Crippen molar-refractivity contribution in [3.05, 3.63) is 109 Å². The predicted octanol–water partition coefficient (Wildman–Crippen LogP) is 4.15. The van der Waals surface area contributed by atoms with E-state index in [9.17, 15) is 14.9 Å². The van der Waals surface area contributed by atoms with E-state index in [0.717, 1.165) is 10.0 Å². The fourth-order valence-corrected chi connectivity index (χ4v) is 4.13. The molecule has 3 aromatic carbocycles. The Hall–Kier alpha value is -3.85. The number of aromatic nitrogens is 2. The van der Waals surface area contributed by atoms with E-state index in [-0.39, 0.29) is 17.2 Å². The SMILES string of the molecule is O=c1c2ccccc2nc(C2=NNCC2c2cccc([N+](=O)[O-])c2)n1-c1ccc(Br)cc1. The molecule has 4 aromatic rings. The lowest BCUT2D eigenvalue weighted by molar-refractivity contribution is -0.384. The number of benzene rings is 3. The summed E-state index contributed by atoms with van der Waals surface area (Å²) in [4.78, 5) is 29.2. The molecule has 5 rings (SSSR count). The molecule has 8 nitrogen and oxygen atoms in total. The minimum atomic E-state index is -0.422. The first-order valence-electron chi connectivity index (χ1n) is 9.86. The number of hydrazone groups is 1. The van der Waals surface area contributed by atoms with Crippen LogP contribution >= 0.6 is 15.9 Å². The highest BCUT2D eigenvalue weighted by Gasteiger charge is 2.30. The van der Waals surface area contributed by atoms with Crippen molar-refractivity contribution in [2.75, 3.05) is 6.54 Å². The molecule has 0 fully saturated rings. The molecule has 1 aliphatic rings. The van der Waals surface area contributed by atoms with Crippen LogP contribution in [0.1, 0.15) is 17.3 Å². The summed E-state index contributed by atoms with van der Waals surface area (Å²) in [6.07, 6.45) is 0. The molecule has 1 atom stereocenters. The minimum Gasteiger partial charge on any atom is -0.309 e. The molecular formula is C23H16BrN5O3. The second-order valence-electron chi connectivity index (χ2n) is 7.33. The van der Waals surface area contributed by atoms with Gasteiger partial charge in [0.05, 0.1) is 27.4 Å². The van der Waals surface area contributed by atoms with Gasteiger partial charge in [0.25, 0.3) is 11.2 Å². The summed E-state index contributed by atoms with van der Waals surface area (Å²) in [5.74, 6) is 0.0992. The zero-order chi connectivity index (χ0) is 22.2. The van der Waals surface area contributed by atoms with Crippen LogP contribution in [0.15, 0.2) is 87.2 Å². The molecule has 0 bridgehead atoms. The molecule has 0 saturated heterocycles. The first-order chi connectivity index (χ1) is 15.5.